The van der Waals surface area contributed by atoms with Crippen LogP contribution in [0.15, 0.2) is 0 Å². The van der Waals surface area contributed by atoms with Crippen LogP contribution in [0, 0.1) is 0 Å². The van der Waals surface area contributed by atoms with Gasteiger partial charge in [0.25, 0.3) is 0 Å². The summed E-state index contributed by atoms with van der Waals surface area (Å²) in [5, 5.41) is -0.606. The van der Waals surface area contributed by atoms with Gasteiger partial charge in [-0.15, -0.1) is 0 Å². The van der Waals surface area contributed by atoms with Crippen LogP contribution < -0.4 is 5.73 Å². The quantitative estimate of drug-likeness (QED) is 0.640. The Labute approximate surface area is 54.9 Å². The molecule has 0 spiro atoms. The fourth-order valence-electron chi connectivity index (χ4n) is 0.270. The van der Waals surface area contributed by atoms with Gasteiger partial charge >= 0.3 is 5.76 Å². The molecule has 0 heterocycles. The van der Waals surface area contributed by atoms with E-state index in [1.807, 2.05) is 0 Å². The SMILES string of the molecule is CC(CN)S(=O)C(F)F. The molecule has 0 aromatic carbocycles. The third-order valence-electron chi connectivity index (χ3n) is 0.904. The van der Waals surface area contributed by atoms with Crippen LogP contribution in [-0.2, 0) is 10.8 Å². The van der Waals surface area contributed by atoms with Gasteiger partial charge < -0.3 is 5.73 Å². The molecule has 0 aromatic rings. The first-order valence-corrected chi connectivity index (χ1v) is 3.74. The number of hydrogen-bond donors (Lipinski definition) is 1. The van der Waals surface area contributed by atoms with Gasteiger partial charge in [0.15, 0.2) is 0 Å². The van der Waals surface area contributed by atoms with Crippen LogP contribution in [0.1, 0.15) is 6.92 Å². The highest BCUT2D eigenvalue weighted by atomic mass is 32.2. The second kappa shape index (κ2) is 3.90. The van der Waals surface area contributed by atoms with Crippen LogP contribution >= 0.6 is 0 Å². The van der Waals surface area contributed by atoms with E-state index in [9.17, 15) is 13.0 Å². The van der Waals surface area contributed by atoms with Crippen molar-refractivity contribution in [3.05, 3.63) is 0 Å². The molecule has 0 saturated heterocycles. The third kappa shape index (κ3) is 2.86. The first-order valence-electron chi connectivity index (χ1n) is 2.47. The Balaban J connectivity index is 3.73. The molecule has 0 rings (SSSR count). The van der Waals surface area contributed by atoms with Crippen LogP contribution in [0.2, 0.25) is 0 Å². The number of halogens is 2. The van der Waals surface area contributed by atoms with Crippen molar-refractivity contribution in [2.24, 2.45) is 5.73 Å². The van der Waals surface area contributed by atoms with Crippen LogP contribution in [0.5, 0.6) is 0 Å². The summed E-state index contributed by atoms with van der Waals surface area (Å²) >= 11 is 0. The standard InChI is InChI=1S/C4H9F2NOS/c1-3(2-7)9(8)4(5)6/h3-4H,2,7H2,1H3. The van der Waals surface area contributed by atoms with Crippen molar-refractivity contribution in [1.29, 1.82) is 0 Å². The third-order valence-corrected chi connectivity index (χ3v) is 2.24. The molecule has 5 heteroatoms. The molecule has 0 bridgehead atoms. The Morgan fingerprint density at radius 3 is 2.22 bits per heavy atom. The minimum atomic E-state index is -2.76. The minimum absolute atomic E-state index is 0.0386. The highest BCUT2D eigenvalue weighted by molar-refractivity contribution is 7.85. The first kappa shape index (κ1) is 8.97. The van der Waals surface area contributed by atoms with Gasteiger partial charge in [-0.2, -0.15) is 8.78 Å². The van der Waals surface area contributed by atoms with Crippen molar-refractivity contribution < 1.29 is 13.0 Å². The van der Waals surface area contributed by atoms with E-state index in [0.717, 1.165) is 0 Å². The molecular weight excluding hydrogens is 148 g/mol. The largest absolute Gasteiger partial charge is 0.329 e. The van der Waals surface area contributed by atoms with Crippen molar-refractivity contribution in [3.8, 4) is 0 Å². The maximum atomic E-state index is 11.5. The summed E-state index contributed by atoms with van der Waals surface area (Å²) in [5.74, 6) is -2.76. The van der Waals surface area contributed by atoms with Gasteiger partial charge in [-0.25, -0.2) is 0 Å². The molecule has 0 aliphatic heterocycles. The second-order valence-corrected chi connectivity index (χ2v) is 3.45. The van der Waals surface area contributed by atoms with E-state index in [2.05, 4.69) is 0 Å². The van der Waals surface area contributed by atoms with Crippen molar-refractivity contribution in [3.63, 3.8) is 0 Å². The van der Waals surface area contributed by atoms with E-state index in [1.54, 1.807) is 0 Å². The Morgan fingerprint density at radius 2 is 2.11 bits per heavy atom. The molecule has 0 amide bonds. The maximum Gasteiger partial charge on any atom is 0.312 e. The molecule has 0 fully saturated rings. The van der Waals surface area contributed by atoms with Crippen LogP contribution in [0.25, 0.3) is 0 Å². The topological polar surface area (TPSA) is 43.1 Å². The Bertz CT molecular complexity index is 109. The van der Waals surface area contributed by atoms with Gasteiger partial charge in [-0.3, -0.25) is 4.21 Å². The first-order chi connectivity index (χ1) is 4.09. The van der Waals surface area contributed by atoms with E-state index < -0.39 is 21.8 Å². The number of nitrogens with two attached hydrogens (primary N) is 1. The smallest absolute Gasteiger partial charge is 0.312 e. The fourth-order valence-corrected chi connectivity index (χ4v) is 0.811. The predicted octanol–water partition coefficient (Wildman–Crippen LogP) is 0.305. The average molecular weight is 157 g/mol. The molecule has 2 unspecified atom stereocenters. The van der Waals surface area contributed by atoms with E-state index >= 15 is 0 Å². The lowest BCUT2D eigenvalue weighted by atomic mass is 10.5. The summed E-state index contributed by atoms with van der Waals surface area (Å²) in [4.78, 5) is 0. The lowest BCUT2D eigenvalue weighted by Crippen LogP contribution is -2.25. The van der Waals surface area contributed by atoms with Crippen LogP contribution in [-0.4, -0.2) is 21.8 Å². The summed E-state index contributed by atoms with van der Waals surface area (Å²) in [6.07, 6.45) is 0. The van der Waals surface area contributed by atoms with E-state index in [0.29, 0.717) is 0 Å². The number of hydrogen-bond acceptors (Lipinski definition) is 2. The highest BCUT2D eigenvalue weighted by Crippen LogP contribution is 2.04. The average Bonchev–Trinajstić information content (AvgIpc) is 1.84. The lowest BCUT2D eigenvalue weighted by molar-refractivity contribution is 0.243. The van der Waals surface area contributed by atoms with Gasteiger partial charge in [0.05, 0.1) is 10.8 Å². The van der Waals surface area contributed by atoms with Crippen LogP contribution in [0.4, 0.5) is 8.78 Å². The maximum absolute atomic E-state index is 11.5. The second-order valence-electron chi connectivity index (χ2n) is 1.64. The summed E-state index contributed by atoms with van der Waals surface area (Å²) in [6, 6.07) is 0. The van der Waals surface area contributed by atoms with Crippen molar-refractivity contribution in [2.75, 3.05) is 6.54 Å². The van der Waals surface area contributed by atoms with E-state index in [1.165, 1.54) is 6.92 Å². The summed E-state index contributed by atoms with van der Waals surface area (Å²) < 4.78 is 33.4. The zero-order valence-corrected chi connectivity index (χ0v) is 5.83. The molecule has 2 nitrogen and oxygen atoms in total. The molecule has 56 valence electrons. The summed E-state index contributed by atoms with van der Waals surface area (Å²) in [6.45, 7) is 1.47. The summed E-state index contributed by atoms with van der Waals surface area (Å²) in [5.41, 5.74) is 4.98. The zero-order valence-electron chi connectivity index (χ0n) is 5.01. The molecule has 0 radical (unpaired) electrons. The zero-order chi connectivity index (χ0) is 7.44. The highest BCUT2D eigenvalue weighted by Gasteiger charge is 2.18. The van der Waals surface area contributed by atoms with Crippen molar-refractivity contribution >= 4 is 10.8 Å². The summed E-state index contributed by atoms with van der Waals surface area (Å²) in [7, 11) is -2.07. The van der Waals surface area contributed by atoms with Gasteiger partial charge in [0.1, 0.15) is 0 Å². The molecule has 2 N–H and O–H groups in total. The van der Waals surface area contributed by atoms with E-state index in [4.69, 9.17) is 5.73 Å². The van der Waals surface area contributed by atoms with Crippen molar-refractivity contribution in [2.45, 2.75) is 17.9 Å². The molecule has 0 aliphatic carbocycles. The van der Waals surface area contributed by atoms with Gasteiger partial charge in [0.2, 0.25) is 0 Å². The van der Waals surface area contributed by atoms with Crippen LogP contribution in [0.3, 0.4) is 0 Å². The lowest BCUT2D eigenvalue weighted by Gasteiger charge is -2.05. The van der Waals surface area contributed by atoms with Gasteiger partial charge in [-0.05, 0) is 6.92 Å². The number of alkyl halides is 2. The molecular formula is C4H9F2NOS. The normalized spacial score (nSPS) is 17.9. The fraction of sp³-hybridized carbons (Fsp3) is 1.00. The predicted molar refractivity (Wildman–Crippen MR) is 32.7 cm³/mol. The molecule has 2 atom stereocenters. The Morgan fingerprint density at radius 1 is 1.67 bits per heavy atom. The van der Waals surface area contributed by atoms with Gasteiger partial charge in [0, 0.05) is 11.8 Å². The molecule has 0 saturated carbocycles. The Kier molecular flexibility index (Phi) is 3.88. The molecule has 0 aromatic heterocycles. The molecule has 0 aliphatic rings. The number of rotatable bonds is 3. The Hall–Kier alpha value is -0.0300. The molecule has 9 heavy (non-hydrogen) atoms. The monoisotopic (exact) mass is 157 g/mol. The minimum Gasteiger partial charge on any atom is -0.329 e. The van der Waals surface area contributed by atoms with Gasteiger partial charge in [-0.1, -0.05) is 0 Å². The van der Waals surface area contributed by atoms with Crippen molar-refractivity contribution in [1.82, 2.24) is 0 Å². The van der Waals surface area contributed by atoms with E-state index in [-0.39, 0.29) is 6.54 Å².